The fraction of sp³-hybridized carbons (Fsp3) is 0.0278. The number of carbonyl (C=O) groups is 2. The highest BCUT2D eigenvalue weighted by Crippen LogP contribution is 2.29. The van der Waals surface area contributed by atoms with Crippen LogP contribution >= 0.6 is 23.2 Å². The van der Waals surface area contributed by atoms with E-state index in [1.54, 1.807) is 55.6 Å². The van der Waals surface area contributed by atoms with Crippen molar-refractivity contribution < 1.29 is 36.6 Å². The van der Waals surface area contributed by atoms with Gasteiger partial charge in [0.1, 0.15) is 0 Å². The number of sulfonamides is 2. The first kappa shape index (κ1) is 36.9. The summed E-state index contributed by atoms with van der Waals surface area (Å²) in [6.45, 7) is 0. The first-order valence-corrected chi connectivity index (χ1v) is 19.0. The fourth-order valence-electron chi connectivity index (χ4n) is 5.29. The highest BCUT2D eigenvalue weighted by molar-refractivity contribution is 7.93. The van der Waals surface area contributed by atoms with Crippen LogP contribution in [0.25, 0.3) is 21.5 Å². The Balaban J connectivity index is 1.18. The molecule has 6 N–H and O–H groups in total. The quantitative estimate of drug-likeness (QED) is 0.0587. The zero-order valence-electron chi connectivity index (χ0n) is 27.3. The number of aliphatic imine (C=N–C) groups is 1. The Labute approximate surface area is 313 Å². The molecule has 270 valence electrons. The van der Waals surface area contributed by atoms with Crippen molar-refractivity contribution in [1.29, 1.82) is 0 Å². The van der Waals surface area contributed by atoms with Gasteiger partial charge >= 0.3 is 11.9 Å². The molecule has 6 rings (SSSR count). The highest BCUT2D eigenvalue weighted by atomic mass is 35.5. The predicted molar refractivity (Wildman–Crippen MR) is 207 cm³/mol. The number of hydrogen-bond acceptors (Lipinski definition) is 7. The van der Waals surface area contributed by atoms with Gasteiger partial charge in [-0.25, -0.2) is 26.4 Å². The predicted octanol–water partition coefficient (Wildman–Crippen LogP) is 7.81. The number of nitrogens with one attached hydrogen (secondary N) is 4. The lowest BCUT2D eigenvalue weighted by Crippen LogP contribution is -2.21. The van der Waals surface area contributed by atoms with Gasteiger partial charge in [-0.1, -0.05) is 47.5 Å². The first-order valence-electron chi connectivity index (χ1n) is 15.3. The van der Waals surface area contributed by atoms with Crippen LogP contribution in [-0.2, 0) is 20.0 Å². The summed E-state index contributed by atoms with van der Waals surface area (Å²) >= 11 is 11.8. The van der Waals surface area contributed by atoms with Gasteiger partial charge in [-0.15, -0.1) is 0 Å². The average molecular weight is 793 g/mol. The third-order valence-electron chi connectivity index (χ3n) is 7.89. The highest BCUT2D eigenvalue weighted by Gasteiger charge is 2.20. The third kappa shape index (κ3) is 8.29. The number of guanidine groups is 1. The van der Waals surface area contributed by atoms with Crippen LogP contribution in [0.4, 0.5) is 22.7 Å². The van der Waals surface area contributed by atoms with Crippen molar-refractivity contribution in [2.45, 2.75) is 9.79 Å². The van der Waals surface area contributed by atoms with Crippen LogP contribution in [0.2, 0.25) is 10.0 Å². The van der Waals surface area contributed by atoms with Crippen LogP contribution in [0.3, 0.4) is 0 Å². The number of fused-ring (bicyclic) bond motifs is 2. The third-order valence-corrected chi connectivity index (χ3v) is 11.3. The minimum Gasteiger partial charge on any atom is -0.478 e. The van der Waals surface area contributed by atoms with Crippen LogP contribution in [0.5, 0.6) is 0 Å². The standard InChI is InChI=1S/C36H27Cl2N5O8S2/c1-39-36(40-24-6-2-20-4-8-26(16-22(20)14-24)42-52(48,49)28-10-12-32(37)30(18-28)34(44)45)41-25-7-3-21-5-9-27(17-23(21)15-25)43-53(50,51)29-11-13-33(38)31(19-29)35(46)47/h2-19,42-43H,1H3,(H,44,45)(H,46,47)(H2,39,40,41). The van der Waals surface area contributed by atoms with Gasteiger partial charge in [-0.3, -0.25) is 14.4 Å². The molecule has 0 amide bonds. The van der Waals surface area contributed by atoms with Crippen molar-refractivity contribution in [3.05, 3.63) is 130 Å². The molecule has 0 fully saturated rings. The SMILES string of the molecule is CN=C(Nc1ccc2ccc(NS(=O)(=O)c3ccc(Cl)c(C(=O)O)c3)cc2c1)Nc1ccc2ccc(NS(=O)(=O)c3ccc(Cl)c(C(=O)O)c3)cc2c1. The number of aromatic carboxylic acids is 2. The molecule has 0 saturated carbocycles. The monoisotopic (exact) mass is 791 g/mol. The number of nitrogens with zero attached hydrogens (tertiary/aromatic N) is 1. The molecule has 53 heavy (non-hydrogen) atoms. The number of benzene rings is 6. The van der Waals surface area contributed by atoms with Gasteiger partial charge in [0, 0.05) is 29.8 Å². The van der Waals surface area contributed by atoms with E-state index < -0.39 is 32.0 Å². The van der Waals surface area contributed by atoms with Crippen LogP contribution in [-0.4, -0.2) is 52.0 Å². The molecule has 0 aliphatic rings. The van der Waals surface area contributed by atoms with E-state index in [4.69, 9.17) is 23.2 Å². The minimum absolute atomic E-state index is 0.0854. The van der Waals surface area contributed by atoms with Crippen molar-refractivity contribution in [2.75, 3.05) is 27.1 Å². The first-order chi connectivity index (χ1) is 25.1. The maximum atomic E-state index is 13.1. The van der Waals surface area contributed by atoms with E-state index in [-0.39, 0.29) is 42.3 Å². The molecular formula is C36H27Cl2N5O8S2. The number of halogens is 2. The zero-order valence-corrected chi connectivity index (χ0v) is 30.4. The van der Waals surface area contributed by atoms with E-state index in [1.807, 2.05) is 24.3 Å². The molecule has 0 aliphatic heterocycles. The second-order valence-corrected chi connectivity index (χ2v) is 15.7. The topological polar surface area (TPSA) is 203 Å². The van der Waals surface area contributed by atoms with Gasteiger partial charge in [-0.05, 0) is 106 Å². The fourth-order valence-corrected chi connectivity index (χ4v) is 7.84. The minimum atomic E-state index is -4.14. The van der Waals surface area contributed by atoms with Gasteiger partial charge in [-0.2, -0.15) is 0 Å². The molecule has 0 bridgehead atoms. The molecule has 0 radical (unpaired) electrons. The smallest absolute Gasteiger partial charge is 0.337 e. The lowest BCUT2D eigenvalue weighted by Gasteiger charge is -2.14. The summed E-state index contributed by atoms with van der Waals surface area (Å²) in [5.74, 6) is -2.34. The van der Waals surface area contributed by atoms with Crippen LogP contribution in [0, 0.1) is 0 Å². The van der Waals surface area contributed by atoms with Crippen LogP contribution in [0.1, 0.15) is 20.7 Å². The van der Waals surface area contributed by atoms with Crippen molar-refractivity contribution in [1.82, 2.24) is 0 Å². The van der Waals surface area contributed by atoms with Crippen molar-refractivity contribution >= 4 is 105 Å². The Morgan fingerprint density at radius 1 is 0.528 bits per heavy atom. The summed E-state index contributed by atoms with van der Waals surface area (Å²) in [6, 6.07) is 27.7. The van der Waals surface area contributed by atoms with Gasteiger partial charge in [0.05, 0.1) is 31.0 Å². The Bertz CT molecular complexity index is 2540. The summed E-state index contributed by atoms with van der Waals surface area (Å²) in [4.78, 5) is 26.7. The Kier molecular flexibility index (Phi) is 10.2. The largest absolute Gasteiger partial charge is 0.478 e. The molecule has 17 heteroatoms. The zero-order chi connectivity index (χ0) is 38.1. The molecule has 0 unspecified atom stereocenters. The van der Waals surface area contributed by atoms with E-state index >= 15 is 0 Å². The van der Waals surface area contributed by atoms with E-state index in [2.05, 4.69) is 25.1 Å². The van der Waals surface area contributed by atoms with E-state index in [0.29, 0.717) is 28.1 Å². The van der Waals surface area contributed by atoms with Crippen LogP contribution < -0.4 is 20.1 Å². The molecule has 0 atom stereocenters. The lowest BCUT2D eigenvalue weighted by molar-refractivity contribution is 0.0686. The van der Waals surface area contributed by atoms with E-state index in [1.165, 1.54) is 24.3 Å². The number of hydrogen-bond donors (Lipinski definition) is 6. The second-order valence-electron chi connectivity index (χ2n) is 11.5. The second kappa shape index (κ2) is 14.6. The number of carboxylic acids is 2. The number of rotatable bonds is 10. The molecule has 0 aliphatic carbocycles. The number of carboxylic acid groups (broad SMARTS) is 2. The molecule has 6 aromatic rings. The van der Waals surface area contributed by atoms with Gasteiger partial charge in [0.15, 0.2) is 5.96 Å². The maximum Gasteiger partial charge on any atom is 0.337 e. The summed E-state index contributed by atoms with van der Waals surface area (Å²) in [7, 11) is -6.71. The molecule has 0 aromatic heterocycles. The molecular weight excluding hydrogens is 765 g/mol. The van der Waals surface area contributed by atoms with E-state index in [9.17, 15) is 36.6 Å². The van der Waals surface area contributed by atoms with E-state index in [0.717, 1.165) is 22.9 Å². The summed E-state index contributed by atoms with van der Waals surface area (Å²) in [5, 5.41) is 27.9. The average Bonchev–Trinajstić information content (AvgIpc) is 3.10. The summed E-state index contributed by atoms with van der Waals surface area (Å²) in [5.41, 5.74) is 1.08. The van der Waals surface area contributed by atoms with Crippen molar-refractivity contribution in [3.63, 3.8) is 0 Å². The Morgan fingerprint density at radius 3 is 1.25 bits per heavy atom. The lowest BCUT2D eigenvalue weighted by atomic mass is 10.1. The molecule has 13 nitrogen and oxygen atoms in total. The molecule has 0 saturated heterocycles. The van der Waals surface area contributed by atoms with Crippen molar-refractivity contribution in [2.24, 2.45) is 4.99 Å². The number of anilines is 4. The van der Waals surface area contributed by atoms with Crippen LogP contribution in [0.15, 0.2) is 124 Å². The van der Waals surface area contributed by atoms with Gasteiger partial charge in [0.25, 0.3) is 20.0 Å². The normalized spacial score (nSPS) is 11.5. The molecule has 0 heterocycles. The Morgan fingerprint density at radius 2 is 0.887 bits per heavy atom. The summed E-state index contributed by atoms with van der Waals surface area (Å²) in [6.07, 6.45) is 0. The Hall–Kier alpha value is -5.87. The van der Waals surface area contributed by atoms with Crippen molar-refractivity contribution in [3.8, 4) is 0 Å². The molecule has 0 spiro atoms. The molecule has 6 aromatic carbocycles. The van der Waals surface area contributed by atoms with Gasteiger partial charge in [0.2, 0.25) is 0 Å². The van der Waals surface area contributed by atoms with Gasteiger partial charge < -0.3 is 20.8 Å². The maximum absolute atomic E-state index is 13.1. The summed E-state index contributed by atoms with van der Waals surface area (Å²) < 4.78 is 57.3.